The van der Waals surface area contributed by atoms with E-state index in [1.165, 1.54) is 0 Å². The summed E-state index contributed by atoms with van der Waals surface area (Å²) >= 11 is 1.01. The number of carbonyl (C=O) groups is 3. The van der Waals surface area contributed by atoms with Crippen molar-refractivity contribution in [3.8, 4) is 0 Å². The number of nitrogens with two attached hydrogens (primary N) is 1. The highest BCUT2D eigenvalue weighted by Gasteiger charge is 2.28. The SMILES string of the molecule is NC(=O)C(O)CNC(=O)C1CSC(=O)N1. The van der Waals surface area contributed by atoms with Crippen LogP contribution in [0.3, 0.4) is 0 Å². The van der Waals surface area contributed by atoms with Crippen molar-refractivity contribution in [3.63, 3.8) is 0 Å². The second-order valence-corrected chi connectivity index (χ2v) is 3.95. The Bertz CT molecular complexity index is 296. The zero-order valence-electron chi connectivity index (χ0n) is 7.73. The molecule has 0 spiro atoms. The third-order valence-electron chi connectivity index (χ3n) is 1.79. The molecule has 3 amide bonds. The lowest BCUT2D eigenvalue weighted by Crippen LogP contribution is -2.47. The average molecular weight is 233 g/mol. The first kappa shape index (κ1) is 11.8. The summed E-state index contributed by atoms with van der Waals surface area (Å²) in [5, 5.41) is 13.5. The van der Waals surface area contributed by atoms with Crippen LogP contribution in [0.5, 0.6) is 0 Å². The van der Waals surface area contributed by atoms with Crippen molar-refractivity contribution in [2.75, 3.05) is 12.3 Å². The summed E-state index contributed by atoms with van der Waals surface area (Å²) < 4.78 is 0. The van der Waals surface area contributed by atoms with E-state index >= 15 is 0 Å². The molecular weight excluding hydrogens is 222 g/mol. The average Bonchev–Trinajstić information content (AvgIpc) is 2.60. The van der Waals surface area contributed by atoms with Gasteiger partial charge in [-0.1, -0.05) is 11.8 Å². The Labute approximate surface area is 89.8 Å². The van der Waals surface area contributed by atoms with Crippen LogP contribution in [0.25, 0.3) is 0 Å². The van der Waals surface area contributed by atoms with Gasteiger partial charge in [0, 0.05) is 5.75 Å². The Morgan fingerprint density at radius 1 is 1.73 bits per heavy atom. The quantitative estimate of drug-likeness (QED) is 0.438. The molecule has 1 fully saturated rings. The number of thioether (sulfide) groups is 1. The maximum Gasteiger partial charge on any atom is 0.279 e. The molecule has 1 heterocycles. The van der Waals surface area contributed by atoms with Gasteiger partial charge in [0.15, 0.2) is 0 Å². The van der Waals surface area contributed by atoms with Crippen LogP contribution in [0.2, 0.25) is 0 Å². The van der Waals surface area contributed by atoms with Crippen LogP contribution in [-0.2, 0) is 9.59 Å². The summed E-state index contributed by atoms with van der Waals surface area (Å²) in [6, 6.07) is -0.609. The molecule has 1 saturated heterocycles. The highest BCUT2D eigenvalue weighted by molar-refractivity contribution is 8.14. The minimum Gasteiger partial charge on any atom is -0.381 e. The third kappa shape index (κ3) is 3.40. The molecule has 0 aromatic rings. The van der Waals surface area contributed by atoms with Gasteiger partial charge in [-0.25, -0.2) is 0 Å². The summed E-state index contributed by atoms with van der Waals surface area (Å²) in [5.74, 6) is -0.995. The van der Waals surface area contributed by atoms with Gasteiger partial charge in [-0.05, 0) is 0 Å². The van der Waals surface area contributed by atoms with Gasteiger partial charge in [-0.3, -0.25) is 14.4 Å². The predicted octanol–water partition coefficient (Wildman–Crippen LogP) is -2.23. The maximum absolute atomic E-state index is 11.3. The molecule has 1 aliphatic rings. The summed E-state index contributed by atoms with van der Waals surface area (Å²) in [7, 11) is 0. The zero-order valence-corrected chi connectivity index (χ0v) is 8.54. The van der Waals surface area contributed by atoms with Gasteiger partial charge in [0.25, 0.3) is 5.24 Å². The summed E-state index contributed by atoms with van der Waals surface area (Å²) in [4.78, 5) is 32.5. The fourth-order valence-electron chi connectivity index (χ4n) is 0.947. The van der Waals surface area contributed by atoms with Crippen molar-refractivity contribution in [2.45, 2.75) is 12.1 Å². The fourth-order valence-corrected chi connectivity index (χ4v) is 1.73. The normalized spacial score (nSPS) is 21.9. The molecule has 0 radical (unpaired) electrons. The number of rotatable bonds is 4. The minimum atomic E-state index is -1.40. The van der Waals surface area contributed by atoms with Crippen molar-refractivity contribution in [1.82, 2.24) is 10.6 Å². The first-order chi connectivity index (χ1) is 7.00. The van der Waals surface area contributed by atoms with Crippen molar-refractivity contribution < 1.29 is 19.5 Å². The lowest BCUT2D eigenvalue weighted by Gasteiger charge is -2.11. The van der Waals surface area contributed by atoms with E-state index < -0.39 is 24.0 Å². The van der Waals surface area contributed by atoms with Crippen molar-refractivity contribution in [2.24, 2.45) is 5.73 Å². The topological polar surface area (TPSA) is 122 Å². The van der Waals surface area contributed by atoms with E-state index in [-0.39, 0.29) is 11.8 Å². The number of hydrogen-bond donors (Lipinski definition) is 4. The molecular formula is C7H11N3O4S. The molecule has 15 heavy (non-hydrogen) atoms. The molecule has 0 bridgehead atoms. The van der Waals surface area contributed by atoms with Gasteiger partial charge in [0.1, 0.15) is 12.1 Å². The van der Waals surface area contributed by atoms with Crippen LogP contribution < -0.4 is 16.4 Å². The van der Waals surface area contributed by atoms with Crippen LogP contribution in [0.15, 0.2) is 0 Å². The van der Waals surface area contributed by atoms with Gasteiger partial charge in [-0.15, -0.1) is 0 Å². The van der Waals surface area contributed by atoms with Gasteiger partial charge in [0.2, 0.25) is 11.8 Å². The summed E-state index contributed by atoms with van der Waals surface area (Å²) in [6.45, 7) is -0.245. The number of carbonyl (C=O) groups excluding carboxylic acids is 3. The van der Waals surface area contributed by atoms with E-state index in [2.05, 4.69) is 10.6 Å². The van der Waals surface area contributed by atoms with Crippen LogP contribution in [0.1, 0.15) is 0 Å². The van der Waals surface area contributed by atoms with Crippen LogP contribution in [0, 0.1) is 0 Å². The van der Waals surface area contributed by atoms with E-state index in [1.54, 1.807) is 0 Å². The zero-order chi connectivity index (χ0) is 11.4. The van der Waals surface area contributed by atoms with Crippen LogP contribution >= 0.6 is 11.8 Å². The van der Waals surface area contributed by atoms with Gasteiger partial charge in [-0.2, -0.15) is 0 Å². The van der Waals surface area contributed by atoms with E-state index in [0.29, 0.717) is 5.75 Å². The summed E-state index contributed by atoms with van der Waals surface area (Å²) in [6.07, 6.45) is -1.40. The van der Waals surface area contributed by atoms with Gasteiger partial charge in [0.05, 0.1) is 6.54 Å². The number of amides is 3. The lowest BCUT2D eigenvalue weighted by atomic mass is 10.3. The number of nitrogens with one attached hydrogen (secondary N) is 2. The van der Waals surface area contributed by atoms with E-state index in [9.17, 15) is 14.4 Å². The second-order valence-electron chi connectivity index (χ2n) is 2.96. The Kier molecular flexibility index (Phi) is 3.92. The Morgan fingerprint density at radius 2 is 2.40 bits per heavy atom. The molecule has 2 atom stereocenters. The third-order valence-corrected chi connectivity index (χ3v) is 2.67. The standard InChI is InChI=1S/C7H11N3O4S/c8-5(12)4(11)1-9-6(13)3-2-15-7(14)10-3/h3-4,11H,1-2H2,(H2,8,12)(H,9,13)(H,10,14). The lowest BCUT2D eigenvalue weighted by molar-refractivity contribution is -0.127. The molecule has 2 unspecified atom stereocenters. The number of primary amides is 1. The van der Waals surface area contributed by atoms with E-state index in [4.69, 9.17) is 10.8 Å². The molecule has 0 saturated carbocycles. The monoisotopic (exact) mass is 233 g/mol. The minimum absolute atomic E-state index is 0.245. The fraction of sp³-hybridized carbons (Fsp3) is 0.571. The van der Waals surface area contributed by atoms with Gasteiger partial charge < -0.3 is 21.5 Å². The highest BCUT2D eigenvalue weighted by atomic mass is 32.2. The second kappa shape index (κ2) is 4.99. The van der Waals surface area contributed by atoms with E-state index in [0.717, 1.165) is 11.8 Å². The van der Waals surface area contributed by atoms with Gasteiger partial charge >= 0.3 is 0 Å². The van der Waals surface area contributed by atoms with E-state index in [1.807, 2.05) is 0 Å². The molecule has 5 N–H and O–H groups in total. The highest BCUT2D eigenvalue weighted by Crippen LogP contribution is 2.12. The first-order valence-electron chi connectivity index (χ1n) is 4.19. The molecule has 0 aromatic carbocycles. The van der Waals surface area contributed by atoms with Crippen molar-refractivity contribution >= 4 is 28.8 Å². The molecule has 7 nitrogen and oxygen atoms in total. The largest absolute Gasteiger partial charge is 0.381 e. The summed E-state index contributed by atoms with van der Waals surface area (Å²) in [5.41, 5.74) is 4.78. The molecule has 8 heteroatoms. The molecule has 0 aliphatic carbocycles. The smallest absolute Gasteiger partial charge is 0.279 e. The Hall–Kier alpha value is -1.28. The number of aliphatic hydroxyl groups excluding tert-OH is 1. The van der Waals surface area contributed by atoms with Crippen LogP contribution in [-0.4, -0.2) is 46.6 Å². The molecule has 1 rings (SSSR count). The van der Waals surface area contributed by atoms with Crippen molar-refractivity contribution in [3.05, 3.63) is 0 Å². The number of hydrogen-bond acceptors (Lipinski definition) is 5. The molecule has 0 aromatic heterocycles. The molecule has 1 aliphatic heterocycles. The Balaban J connectivity index is 2.30. The Morgan fingerprint density at radius 3 is 2.87 bits per heavy atom. The first-order valence-corrected chi connectivity index (χ1v) is 5.17. The number of aliphatic hydroxyl groups is 1. The predicted molar refractivity (Wildman–Crippen MR) is 53.0 cm³/mol. The van der Waals surface area contributed by atoms with Crippen molar-refractivity contribution in [1.29, 1.82) is 0 Å². The van der Waals surface area contributed by atoms with Crippen LogP contribution in [0.4, 0.5) is 4.79 Å². The molecule has 84 valence electrons. The maximum atomic E-state index is 11.3.